The van der Waals surface area contributed by atoms with E-state index >= 15 is 0 Å². The summed E-state index contributed by atoms with van der Waals surface area (Å²) >= 11 is 0. The first-order valence-corrected chi connectivity index (χ1v) is 11.3. The topological polar surface area (TPSA) is 102 Å². The number of amides is 2. The maximum Gasteiger partial charge on any atom is 0.444 e. The van der Waals surface area contributed by atoms with E-state index in [1.54, 1.807) is 81.4 Å². The van der Waals surface area contributed by atoms with E-state index in [0.717, 1.165) is 0 Å². The number of ether oxygens (including phenoxy) is 2. The fourth-order valence-corrected chi connectivity index (χ4v) is 4.20. The molecule has 0 aliphatic carbocycles. The third-order valence-electron chi connectivity index (χ3n) is 4.23. The Balaban J connectivity index is 1.92. The first-order chi connectivity index (χ1) is 15.1. The van der Waals surface area contributed by atoms with Gasteiger partial charge in [-0.15, -0.1) is 4.41 Å². The highest BCUT2D eigenvalue weighted by Crippen LogP contribution is 2.26. The molecule has 1 N–H and O–H groups in total. The largest absolute Gasteiger partial charge is 0.444 e. The second-order valence-electron chi connectivity index (χ2n) is 7.90. The summed E-state index contributed by atoms with van der Waals surface area (Å²) in [4.78, 5) is 25.0. The molecule has 0 radical (unpaired) electrons. The Hall–Kier alpha value is -3.59. The minimum atomic E-state index is -4.53. The fourth-order valence-electron chi connectivity index (χ4n) is 2.86. The van der Waals surface area contributed by atoms with Gasteiger partial charge in [0.05, 0.1) is 4.90 Å². The number of hydrazine groups is 1. The second kappa shape index (κ2) is 9.27. The molecule has 0 saturated carbocycles. The van der Waals surface area contributed by atoms with Crippen LogP contribution in [0.3, 0.4) is 0 Å². The van der Waals surface area contributed by atoms with Crippen LogP contribution < -0.4 is 5.43 Å². The maximum atomic E-state index is 13.4. The van der Waals surface area contributed by atoms with Gasteiger partial charge in [0.25, 0.3) is 10.0 Å². The molecule has 32 heavy (non-hydrogen) atoms. The van der Waals surface area contributed by atoms with Gasteiger partial charge in [-0.2, -0.15) is 8.42 Å². The summed E-state index contributed by atoms with van der Waals surface area (Å²) < 4.78 is 37.4. The fraction of sp³-hybridized carbons (Fsp3) is 0.217. The van der Waals surface area contributed by atoms with E-state index < -0.39 is 27.8 Å². The third kappa shape index (κ3) is 5.55. The molecular weight excluding hydrogens is 432 g/mol. The Morgan fingerprint density at radius 1 is 0.906 bits per heavy atom. The van der Waals surface area contributed by atoms with Gasteiger partial charge >= 0.3 is 12.2 Å². The van der Waals surface area contributed by atoms with Crippen molar-refractivity contribution in [1.29, 1.82) is 0 Å². The average molecular weight is 457 g/mol. The van der Waals surface area contributed by atoms with Gasteiger partial charge in [-0.1, -0.05) is 66.7 Å². The van der Waals surface area contributed by atoms with Crippen molar-refractivity contribution < 1.29 is 27.5 Å². The van der Waals surface area contributed by atoms with Crippen LogP contribution in [0.25, 0.3) is 10.8 Å². The lowest BCUT2D eigenvalue weighted by molar-refractivity contribution is 0.0304. The van der Waals surface area contributed by atoms with E-state index in [9.17, 15) is 18.0 Å². The number of carbonyl (C=O) groups excluding carboxylic acids is 2. The smallest absolute Gasteiger partial charge is 0.443 e. The van der Waals surface area contributed by atoms with E-state index in [4.69, 9.17) is 9.47 Å². The van der Waals surface area contributed by atoms with Crippen molar-refractivity contribution >= 4 is 33.0 Å². The summed E-state index contributed by atoms with van der Waals surface area (Å²) in [7, 11) is -4.53. The van der Waals surface area contributed by atoms with Crippen molar-refractivity contribution in [3.63, 3.8) is 0 Å². The highest BCUT2D eigenvalue weighted by atomic mass is 32.2. The molecule has 3 rings (SSSR count). The predicted octanol–water partition coefficient (Wildman–Crippen LogP) is 4.61. The van der Waals surface area contributed by atoms with Crippen LogP contribution in [0.15, 0.2) is 77.7 Å². The van der Waals surface area contributed by atoms with E-state index in [-0.39, 0.29) is 15.9 Å². The Bertz CT molecular complexity index is 1210. The molecule has 2 amide bonds. The van der Waals surface area contributed by atoms with Gasteiger partial charge in [0.2, 0.25) is 0 Å². The number of hydrogen-bond donors (Lipinski definition) is 1. The van der Waals surface area contributed by atoms with Gasteiger partial charge < -0.3 is 9.47 Å². The Morgan fingerprint density at radius 2 is 1.53 bits per heavy atom. The first kappa shape index (κ1) is 23.1. The molecule has 9 heteroatoms. The second-order valence-corrected chi connectivity index (χ2v) is 9.66. The number of hydrogen-bond acceptors (Lipinski definition) is 6. The van der Waals surface area contributed by atoms with Crippen molar-refractivity contribution in [3.8, 4) is 0 Å². The number of carbonyl (C=O) groups is 2. The van der Waals surface area contributed by atoms with Crippen molar-refractivity contribution in [2.24, 2.45) is 0 Å². The van der Waals surface area contributed by atoms with Crippen molar-refractivity contribution in [3.05, 3.63) is 78.4 Å². The predicted molar refractivity (Wildman–Crippen MR) is 119 cm³/mol. The summed E-state index contributed by atoms with van der Waals surface area (Å²) in [5.41, 5.74) is 1.72. The van der Waals surface area contributed by atoms with E-state index in [2.05, 4.69) is 0 Å². The van der Waals surface area contributed by atoms with Crippen molar-refractivity contribution in [2.45, 2.75) is 37.9 Å². The maximum absolute atomic E-state index is 13.4. The van der Waals surface area contributed by atoms with Gasteiger partial charge in [0, 0.05) is 5.39 Å². The van der Waals surface area contributed by atoms with Crippen molar-refractivity contribution in [2.75, 3.05) is 0 Å². The minimum Gasteiger partial charge on any atom is -0.443 e. The molecule has 0 unspecified atom stereocenters. The van der Waals surface area contributed by atoms with Crippen LogP contribution in [0.4, 0.5) is 9.59 Å². The van der Waals surface area contributed by atoms with Crippen LogP contribution in [0.1, 0.15) is 26.3 Å². The minimum absolute atomic E-state index is 0.108. The summed E-state index contributed by atoms with van der Waals surface area (Å²) in [5.74, 6) is 0. The van der Waals surface area contributed by atoms with E-state index in [1.165, 1.54) is 6.07 Å². The zero-order chi connectivity index (χ0) is 23.4. The highest BCUT2D eigenvalue weighted by Gasteiger charge is 2.36. The molecular formula is C23H24N2O6S. The number of nitrogens with one attached hydrogen (secondary N) is 1. The average Bonchev–Trinajstić information content (AvgIpc) is 2.75. The van der Waals surface area contributed by atoms with Crippen LogP contribution >= 0.6 is 0 Å². The molecule has 0 aromatic heterocycles. The zero-order valence-corrected chi connectivity index (χ0v) is 18.8. The van der Waals surface area contributed by atoms with E-state index in [1.807, 2.05) is 11.5 Å². The Labute approximate surface area is 186 Å². The molecule has 3 aromatic carbocycles. The van der Waals surface area contributed by atoms with Gasteiger partial charge in [-0.25, -0.2) is 15.0 Å². The van der Waals surface area contributed by atoms with Crippen LogP contribution in [0.2, 0.25) is 0 Å². The zero-order valence-electron chi connectivity index (χ0n) is 17.9. The van der Waals surface area contributed by atoms with Gasteiger partial charge in [-0.05, 0) is 37.8 Å². The molecule has 3 aromatic rings. The SMILES string of the molecule is CC(C)(C)OC(=O)N(NC(=O)OCc1ccccc1)S(=O)(=O)c1cccc2ccccc12. The molecule has 0 aliphatic rings. The molecule has 0 spiro atoms. The lowest BCUT2D eigenvalue weighted by Gasteiger charge is -2.27. The lowest BCUT2D eigenvalue weighted by atomic mass is 10.1. The monoisotopic (exact) mass is 456 g/mol. The molecule has 168 valence electrons. The summed E-state index contributed by atoms with van der Waals surface area (Å²) in [6, 6.07) is 20.3. The molecule has 0 heterocycles. The molecule has 8 nitrogen and oxygen atoms in total. The summed E-state index contributed by atoms with van der Waals surface area (Å²) in [6.07, 6.45) is -2.38. The number of fused-ring (bicyclic) bond motifs is 1. The summed E-state index contributed by atoms with van der Waals surface area (Å²) in [5, 5.41) is 1.05. The molecule has 0 aliphatic heterocycles. The van der Waals surface area contributed by atoms with Crippen LogP contribution in [-0.4, -0.2) is 30.6 Å². The van der Waals surface area contributed by atoms with Gasteiger partial charge in [0.15, 0.2) is 0 Å². The Morgan fingerprint density at radius 3 is 2.22 bits per heavy atom. The number of sulfonamides is 1. The quantitative estimate of drug-likeness (QED) is 0.576. The van der Waals surface area contributed by atoms with Gasteiger partial charge in [-0.3, -0.25) is 0 Å². The molecule has 0 fully saturated rings. The first-order valence-electron chi connectivity index (χ1n) is 9.81. The number of nitrogens with zero attached hydrogens (tertiary/aromatic N) is 1. The molecule has 0 saturated heterocycles. The standard InChI is InChI=1S/C23H24N2O6S/c1-23(2,3)31-22(27)25(24-21(26)30-16-17-10-5-4-6-11-17)32(28,29)20-15-9-13-18-12-7-8-14-19(18)20/h4-15H,16H2,1-3H3,(H,24,26). The van der Waals surface area contributed by atoms with Crippen molar-refractivity contribution in [1.82, 2.24) is 9.84 Å². The normalized spacial score (nSPS) is 11.6. The number of benzene rings is 3. The van der Waals surface area contributed by atoms with Crippen LogP contribution in [-0.2, 0) is 26.1 Å². The Kier molecular flexibility index (Phi) is 6.69. The van der Waals surface area contributed by atoms with Crippen LogP contribution in [0, 0.1) is 0 Å². The highest BCUT2D eigenvalue weighted by molar-refractivity contribution is 7.89. The molecule has 0 atom stereocenters. The third-order valence-corrected chi connectivity index (χ3v) is 5.87. The van der Waals surface area contributed by atoms with Crippen LogP contribution in [0.5, 0.6) is 0 Å². The van der Waals surface area contributed by atoms with Gasteiger partial charge in [0.1, 0.15) is 12.2 Å². The summed E-state index contributed by atoms with van der Waals surface area (Å²) in [6.45, 7) is 4.65. The number of rotatable bonds is 4. The molecule has 0 bridgehead atoms. The lowest BCUT2D eigenvalue weighted by Crippen LogP contribution is -2.51. The van der Waals surface area contributed by atoms with E-state index in [0.29, 0.717) is 16.3 Å².